The van der Waals surface area contributed by atoms with Gasteiger partial charge >= 0.3 is 0 Å². The van der Waals surface area contributed by atoms with Crippen molar-refractivity contribution in [2.75, 3.05) is 0 Å². The highest BCUT2D eigenvalue weighted by molar-refractivity contribution is 5.56. The molecule has 0 spiro atoms. The van der Waals surface area contributed by atoms with Gasteiger partial charge in [0.25, 0.3) is 0 Å². The number of tetrazole rings is 1. The predicted molar refractivity (Wildman–Crippen MR) is 154 cm³/mol. The highest BCUT2D eigenvalue weighted by atomic mass is 15.5. The van der Waals surface area contributed by atoms with Crippen LogP contribution in [0.15, 0.2) is 66.7 Å². The molecule has 0 saturated heterocycles. The fourth-order valence-electron chi connectivity index (χ4n) is 4.98. The minimum absolute atomic E-state index is 0.604. The predicted octanol–water partition coefficient (Wildman–Crippen LogP) is 6.16. The molecule has 8 nitrogen and oxygen atoms in total. The molecule has 8 heteroatoms. The van der Waals surface area contributed by atoms with Gasteiger partial charge < -0.3 is 4.57 Å². The van der Waals surface area contributed by atoms with Crippen molar-refractivity contribution in [3.05, 3.63) is 95.2 Å². The third-order valence-corrected chi connectivity index (χ3v) is 7.13. The minimum atomic E-state index is 0.604. The molecular formula is C31H38N8. The summed E-state index contributed by atoms with van der Waals surface area (Å²) in [5.41, 5.74) is 5.83. The summed E-state index contributed by atoms with van der Waals surface area (Å²) < 4.78 is 4.36. The number of aromatic amines is 1. The van der Waals surface area contributed by atoms with Gasteiger partial charge in [-0.05, 0) is 66.3 Å². The van der Waals surface area contributed by atoms with Crippen LogP contribution in [-0.4, -0.2) is 40.0 Å². The summed E-state index contributed by atoms with van der Waals surface area (Å²) in [6.07, 6.45) is 9.59. The van der Waals surface area contributed by atoms with E-state index in [-0.39, 0.29) is 0 Å². The van der Waals surface area contributed by atoms with E-state index < -0.39 is 0 Å². The van der Waals surface area contributed by atoms with E-state index in [1.165, 1.54) is 29.7 Å². The maximum absolute atomic E-state index is 4.93. The molecule has 0 aliphatic rings. The van der Waals surface area contributed by atoms with Gasteiger partial charge in [0, 0.05) is 24.2 Å². The lowest BCUT2D eigenvalue weighted by Crippen LogP contribution is -2.08. The molecule has 0 unspecified atom stereocenters. The summed E-state index contributed by atoms with van der Waals surface area (Å²) in [6.45, 7) is 5.16. The van der Waals surface area contributed by atoms with E-state index in [2.05, 4.69) is 110 Å². The summed E-state index contributed by atoms with van der Waals surface area (Å²) in [5, 5.41) is 19.8. The molecule has 0 saturated carbocycles. The zero-order chi connectivity index (χ0) is 26.9. The molecule has 0 bridgehead atoms. The Balaban J connectivity index is 1.35. The third-order valence-electron chi connectivity index (χ3n) is 7.13. The molecule has 5 rings (SSSR count). The van der Waals surface area contributed by atoms with Gasteiger partial charge in [-0.1, -0.05) is 75.6 Å². The molecule has 1 N–H and O–H groups in total. The average molecular weight is 523 g/mol. The number of aryl methyl sites for hydroxylation is 4. The van der Waals surface area contributed by atoms with E-state index >= 15 is 0 Å². The number of nitrogens with zero attached hydrogens (tertiary/aromatic N) is 7. The number of unbranched alkanes of at least 4 members (excludes halogenated alkanes) is 3. The Morgan fingerprint density at radius 1 is 0.744 bits per heavy atom. The Labute approximate surface area is 230 Å². The lowest BCUT2D eigenvalue weighted by molar-refractivity contribution is 0.613. The second kappa shape index (κ2) is 13.1. The van der Waals surface area contributed by atoms with E-state index in [0.717, 1.165) is 68.0 Å². The number of rotatable bonds is 14. The first-order chi connectivity index (χ1) is 19.2. The van der Waals surface area contributed by atoms with Gasteiger partial charge in [-0.3, -0.25) is 0 Å². The molecule has 0 fully saturated rings. The molecule has 0 atom stereocenters. The summed E-state index contributed by atoms with van der Waals surface area (Å²) in [6, 6.07) is 23.6. The Kier molecular flexibility index (Phi) is 8.94. The largest absolute Gasteiger partial charge is 0.311 e. The van der Waals surface area contributed by atoms with Crippen molar-refractivity contribution in [1.29, 1.82) is 0 Å². The summed E-state index contributed by atoms with van der Waals surface area (Å²) in [7, 11) is 0. The molecule has 39 heavy (non-hydrogen) atoms. The van der Waals surface area contributed by atoms with Gasteiger partial charge in [-0.2, -0.15) is 10.3 Å². The van der Waals surface area contributed by atoms with Crippen LogP contribution in [0.3, 0.4) is 0 Å². The van der Waals surface area contributed by atoms with Crippen molar-refractivity contribution in [1.82, 2.24) is 40.0 Å². The normalized spacial score (nSPS) is 11.3. The zero-order valence-electron chi connectivity index (χ0n) is 23.1. The number of nitrogens with one attached hydrogen (secondary N) is 1. The van der Waals surface area contributed by atoms with E-state index in [4.69, 9.17) is 10.1 Å². The standard InChI is InChI=1S/C31H38N8/c1-3-5-8-13-26-20-21-28(31-33-36-37-34-31)39(26)27-18-15-25(16-19-27)23-38-30(14-6-4-2)32-29(35-38)22-17-24-11-9-7-10-12-24/h7,9-12,15-16,18-21H,3-6,8,13-14,17,22-23H2,1-2H3,(H,33,34,36,37). The van der Waals surface area contributed by atoms with Crippen molar-refractivity contribution in [2.45, 2.75) is 78.2 Å². The first-order valence-electron chi connectivity index (χ1n) is 14.3. The SMILES string of the molecule is CCCCCc1ccc(-c2nn[nH]n2)n1-c1ccc(Cn2nc(CCc3ccccc3)nc2CCCC)cc1. The van der Waals surface area contributed by atoms with Crippen LogP contribution >= 0.6 is 0 Å². The van der Waals surface area contributed by atoms with Crippen LogP contribution in [0.25, 0.3) is 17.2 Å². The van der Waals surface area contributed by atoms with Crippen molar-refractivity contribution < 1.29 is 0 Å². The van der Waals surface area contributed by atoms with E-state index in [0.29, 0.717) is 12.4 Å². The van der Waals surface area contributed by atoms with Gasteiger partial charge in [0.1, 0.15) is 5.82 Å². The summed E-state index contributed by atoms with van der Waals surface area (Å²) >= 11 is 0. The van der Waals surface area contributed by atoms with Crippen molar-refractivity contribution in [3.8, 4) is 17.2 Å². The zero-order valence-corrected chi connectivity index (χ0v) is 23.1. The first kappa shape index (κ1) is 26.5. The van der Waals surface area contributed by atoms with Gasteiger partial charge in [-0.15, -0.1) is 10.2 Å². The van der Waals surface area contributed by atoms with Crippen LogP contribution in [0.4, 0.5) is 0 Å². The first-order valence-corrected chi connectivity index (χ1v) is 14.3. The summed E-state index contributed by atoms with van der Waals surface area (Å²) in [5.74, 6) is 2.61. The second-order valence-corrected chi connectivity index (χ2v) is 10.1. The van der Waals surface area contributed by atoms with Crippen LogP contribution in [0, 0.1) is 0 Å². The molecule has 5 aromatic rings. The Bertz CT molecular complexity index is 1420. The van der Waals surface area contributed by atoms with E-state index in [9.17, 15) is 0 Å². The minimum Gasteiger partial charge on any atom is -0.311 e. The van der Waals surface area contributed by atoms with Crippen LogP contribution in [0.5, 0.6) is 0 Å². The van der Waals surface area contributed by atoms with Gasteiger partial charge in [0.2, 0.25) is 5.82 Å². The molecule has 0 aliphatic carbocycles. The average Bonchev–Trinajstić information content (AvgIpc) is 3.72. The number of hydrogen-bond acceptors (Lipinski definition) is 5. The second-order valence-electron chi connectivity index (χ2n) is 10.1. The molecular weight excluding hydrogens is 484 g/mol. The van der Waals surface area contributed by atoms with Crippen LogP contribution in [0.1, 0.15) is 74.4 Å². The van der Waals surface area contributed by atoms with E-state index in [1.807, 2.05) is 0 Å². The molecule has 3 heterocycles. The van der Waals surface area contributed by atoms with Crippen molar-refractivity contribution in [3.63, 3.8) is 0 Å². The number of H-pyrrole nitrogens is 1. The third kappa shape index (κ3) is 6.69. The molecule has 202 valence electrons. The lowest BCUT2D eigenvalue weighted by atomic mass is 10.1. The smallest absolute Gasteiger partial charge is 0.221 e. The van der Waals surface area contributed by atoms with Crippen LogP contribution in [-0.2, 0) is 32.2 Å². The molecule has 0 amide bonds. The highest BCUT2D eigenvalue weighted by Crippen LogP contribution is 2.26. The fraction of sp³-hybridized carbons (Fsp3) is 0.387. The molecule has 2 aromatic carbocycles. The number of aromatic nitrogens is 8. The van der Waals surface area contributed by atoms with Gasteiger partial charge in [-0.25, -0.2) is 9.67 Å². The Morgan fingerprint density at radius 3 is 2.31 bits per heavy atom. The number of benzene rings is 2. The fourth-order valence-corrected chi connectivity index (χ4v) is 4.98. The molecule has 0 aliphatic heterocycles. The monoisotopic (exact) mass is 522 g/mol. The molecule has 0 radical (unpaired) electrons. The topological polar surface area (TPSA) is 90.1 Å². The Morgan fingerprint density at radius 2 is 1.56 bits per heavy atom. The molecule has 3 aromatic heterocycles. The van der Waals surface area contributed by atoms with Crippen molar-refractivity contribution in [2.24, 2.45) is 0 Å². The maximum atomic E-state index is 4.93. The summed E-state index contributed by atoms with van der Waals surface area (Å²) in [4.78, 5) is 4.93. The lowest BCUT2D eigenvalue weighted by Gasteiger charge is -2.13. The maximum Gasteiger partial charge on any atom is 0.221 e. The Hall–Kier alpha value is -4.07. The quantitative estimate of drug-likeness (QED) is 0.177. The van der Waals surface area contributed by atoms with Crippen molar-refractivity contribution >= 4 is 0 Å². The van der Waals surface area contributed by atoms with Gasteiger partial charge in [0.15, 0.2) is 5.82 Å². The van der Waals surface area contributed by atoms with Crippen LogP contribution < -0.4 is 0 Å². The van der Waals surface area contributed by atoms with E-state index in [1.54, 1.807) is 0 Å². The van der Waals surface area contributed by atoms with Gasteiger partial charge in [0.05, 0.1) is 12.2 Å². The number of hydrogen-bond donors (Lipinski definition) is 1. The van der Waals surface area contributed by atoms with Crippen LogP contribution in [0.2, 0.25) is 0 Å². The highest BCUT2D eigenvalue weighted by Gasteiger charge is 2.16.